The zero-order chi connectivity index (χ0) is 10.0. The molecule has 0 fully saturated rings. The van der Waals surface area contributed by atoms with E-state index >= 15 is 0 Å². The number of hydrogen-bond donors (Lipinski definition) is 1. The highest BCUT2D eigenvalue weighted by Gasteiger charge is 2.18. The predicted molar refractivity (Wildman–Crippen MR) is 54.8 cm³/mol. The molecule has 0 saturated carbocycles. The lowest BCUT2D eigenvalue weighted by Gasteiger charge is -2.08. The number of alkyl halides is 2. The molecule has 1 aromatic heterocycles. The average molecular weight is 318 g/mol. The van der Waals surface area contributed by atoms with Gasteiger partial charge in [-0.3, -0.25) is 0 Å². The quantitative estimate of drug-likeness (QED) is 0.673. The number of nitrogens with zero attached hydrogens (tertiary/aromatic N) is 1. The number of rotatable bonds is 2. The fourth-order valence-electron chi connectivity index (χ4n) is 0.852. The van der Waals surface area contributed by atoms with Crippen molar-refractivity contribution < 1.29 is 8.78 Å². The highest BCUT2D eigenvalue weighted by atomic mass is 127. The van der Waals surface area contributed by atoms with Crippen LogP contribution in [-0.2, 0) is 6.54 Å². The van der Waals surface area contributed by atoms with E-state index in [4.69, 9.17) is 17.3 Å². The Morgan fingerprint density at radius 2 is 2.23 bits per heavy atom. The minimum Gasteiger partial charge on any atom is -0.326 e. The second-order valence-electron chi connectivity index (χ2n) is 2.31. The van der Waals surface area contributed by atoms with Crippen molar-refractivity contribution in [3.05, 3.63) is 26.0 Å². The summed E-state index contributed by atoms with van der Waals surface area (Å²) < 4.78 is 25.3. The molecule has 13 heavy (non-hydrogen) atoms. The lowest BCUT2D eigenvalue weighted by Crippen LogP contribution is -2.04. The van der Waals surface area contributed by atoms with Gasteiger partial charge in [-0.1, -0.05) is 11.6 Å². The highest BCUT2D eigenvalue weighted by Crippen LogP contribution is 2.31. The molecule has 0 aliphatic rings. The largest absolute Gasteiger partial charge is 0.326 e. The van der Waals surface area contributed by atoms with Crippen molar-refractivity contribution >= 4 is 34.2 Å². The number of pyridine rings is 1. The molecule has 0 saturated heterocycles. The molecule has 0 aliphatic carbocycles. The van der Waals surface area contributed by atoms with Gasteiger partial charge in [-0.25, -0.2) is 13.8 Å². The molecule has 0 amide bonds. The molecule has 0 atom stereocenters. The first-order chi connectivity index (χ1) is 6.07. The van der Waals surface area contributed by atoms with Crippen molar-refractivity contribution in [3.8, 4) is 0 Å². The maximum absolute atomic E-state index is 12.4. The van der Waals surface area contributed by atoms with E-state index in [9.17, 15) is 8.78 Å². The van der Waals surface area contributed by atoms with Crippen LogP contribution in [0, 0.1) is 3.57 Å². The molecule has 1 rings (SSSR count). The highest BCUT2D eigenvalue weighted by molar-refractivity contribution is 14.1. The Morgan fingerprint density at radius 3 is 2.69 bits per heavy atom. The molecule has 0 bridgehead atoms. The van der Waals surface area contributed by atoms with Gasteiger partial charge in [-0.05, 0) is 28.2 Å². The van der Waals surface area contributed by atoms with Crippen molar-refractivity contribution in [2.75, 3.05) is 0 Å². The number of hydrogen-bond acceptors (Lipinski definition) is 2. The van der Waals surface area contributed by atoms with Gasteiger partial charge in [0.05, 0.1) is 5.56 Å². The Morgan fingerprint density at radius 1 is 1.62 bits per heavy atom. The van der Waals surface area contributed by atoms with E-state index in [2.05, 4.69) is 4.98 Å². The van der Waals surface area contributed by atoms with Gasteiger partial charge in [0.2, 0.25) is 0 Å². The van der Waals surface area contributed by atoms with E-state index in [0.29, 0.717) is 9.13 Å². The third-order valence-electron chi connectivity index (χ3n) is 1.51. The van der Waals surface area contributed by atoms with Gasteiger partial charge in [0.25, 0.3) is 6.43 Å². The molecule has 1 heterocycles. The zero-order valence-electron chi connectivity index (χ0n) is 6.40. The van der Waals surface area contributed by atoms with Gasteiger partial charge in [0.1, 0.15) is 5.15 Å². The summed E-state index contributed by atoms with van der Waals surface area (Å²) in [6, 6.07) is 0. The van der Waals surface area contributed by atoms with Crippen molar-refractivity contribution in [3.63, 3.8) is 0 Å². The second-order valence-corrected chi connectivity index (χ2v) is 3.74. The van der Waals surface area contributed by atoms with E-state index in [1.807, 2.05) is 0 Å². The van der Waals surface area contributed by atoms with E-state index in [0.717, 1.165) is 0 Å². The van der Waals surface area contributed by atoms with Gasteiger partial charge in [-0.15, -0.1) is 0 Å². The molecular weight excluding hydrogens is 312 g/mol. The Hall–Kier alpha value is -0.0100. The average Bonchev–Trinajstić information content (AvgIpc) is 2.04. The monoisotopic (exact) mass is 318 g/mol. The van der Waals surface area contributed by atoms with Crippen LogP contribution in [0.25, 0.3) is 0 Å². The molecule has 0 radical (unpaired) electrons. The first-order valence-electron chi connectivity index (χ1n) is 3.39. The van der Waals surface area contributed by atoms with Crippen LogP contribution in [0.5, 0.6) is 0 Å². The SMILES string of the molecule is NCc1cnc(Cl)c(C(F)F)c1I. The summed E-state index contributed by atoms with van der Waals surface area (Å²) in [6.45, 7) is 0.183. The molecule has 6 heteroatoms. The Kier molecular flexibility index (Phi) is 3.81. The Bertz CT molecular complexity index is 320. The van der Waals surface area contributed by atoms with E-state index < -0.39 is 6.43 Å². The lowest BCUT2D eigenvalue weighted by atomic mass is 10.2. The fourth-order valence-corrected chi connectivity index (χ4v) is 2.09. The minimum atomic E-state index is -2.61. The van der Waals surface area contributed by atoms with Gasteiger partial charge in [0.15, 0.2) is 0 Å². The maximum atomic E-state index is 12.4. The van der Waals surface area contributed by atoms with Gasteiger partial charge in [-0.2, -0.15) is 0 Å². The molecule has 0 unspecified atom stereocenters. The van der Waals surface area contributed by atoms with Crippen LogP contribution in [0.4, 0.5) is 8.78 Å². The van der Waals surface area contributed by atoms with Gasteiger partial charge < -0.3 is 5.73 Å². The zero-order valence-corrected chi connectivity index (χ0v) is 9.31. The smallest absolute Gasteiger partial charge is 0.267 e. The van der Waals surface area contributed by atoms with E-state index in [1.165, 1.54) is 6.20 Å². The summed E-state index contributed by atoms with van der Waals surface area (Å²) in [7, 11) is 0. The lowest BCUT2D eigenvalue weighted by molar-refractivity contribution is 0.150. The van der Waals surface area contributed by atoms with Crippen LogP contribution in [0.3, 0.4) is 0 Å². The molecule has 72 valence electrons. The second kappa shape index (κ2) is 4.47. The van der Waals surface area contributed by atoms with Crippen LogP contribution in [0.1, 0.15) is 17.6 Å². The molecule has 0 aliphatic heterocycles. The summed E-state index contributed by atoms with van der Waals surface area (Å²) in [5.74, 6) is 0. The molecule has 0 spiro atoms. The van der Waals surface area contributed by atoms with Crippen molar-refractivity contribution in [2.45, 2.75) is 13.0 Å². The van der Waals surface area contributed by atoms with Crippen LogP contribution >= 0.6 is 34.2 Å². The van der Waals surface area contributed by atoms with Crippen LogP contribution in [0.2, 0.25) is 5.15 Å². The maximum Gasteiger partial charge on any atom is 0.267 e. The van der Waals surface area contributed by atoms with Crippen LogP contribution in [0.15, 0.2) is 6.20 Å². The third-order valence-corrected chi connectivity index (χ3v) is 3.09. The third kappa shape index (κ3) is 2.26. The van der Waals surface area contributed by atoms with Gasteiger partial charge in [0, 0.05) is 16.3 Å². The molecule has 2 N–H and O–H groups in total. The number of halogens is 4. The van der Waals surface area contributed by atoms with E-state index in [1.54, 1.807) is 22.6 Å². The van der Waals surface area contributed by atoms with Crippen molar-refractivity contribution in [1.82, 2.24) is 4.98 Å². The van der Waals surface area contributed by atoms with Crippen molar-refractivity contribution in [2.24, 2.45) is 5.73 Å². The molecule has 1 aromatic rings. The molecule has 2 nitrogen and oxygen atoms in total. The Balaban J connectivity index is 3.30. The predicted octanol–water partition coefficient (Wildman–Crippen LogP) is 2.74. The Labute approximate surface area is 92.6 Å². The minimum absolute atomic E-state index is 0.156. The van der Waals surface area contributed by atoms with Crippen LogP contribution < -0.4 is 5.73 Å². The summed E-state index contributed by atoms with van der Waals surface area (Å²) in [5.41, 5.74) is 5.69. The van der Waals surface area contributed by atoms with Crippen LogP contribution in [-0.4, -0.2) is 4.98 Å². The summed E-state index contributed by atoms with van der Waals surface area (Å²) in [4.78, 5) is 3.63. The first-order valence-corrected chi connectivity index (χ1v) is 4.84. The topological polar surface area (TPSA) is 38.9 Å². The number of aromatic nitrogens is 1. The summed E-state index contributed by atoms with van der Waals surface area (Å²) >= 11 is 7.31. The molecule has 0 aromatic carbocycles. The molecular formula is C7H6ClF2IN2. The van der Waals surface area contributed by atoms with Gasteiger partial charge >= 0.3 is 0 Å². The summed E-state index contributed by atoms with van der Waals surface area (Å²) in [6.07, 6.45) is -1.20. The summed E-state index contributed by atoms with van der Waals surface area (Å²) in [5, 5.41) is -0.156. The standard InChI is InChI=1S/C7H6ClF2IN2/c8-6-4(7(9)10)5(11)3(1-12)2-13-6/h2,7H,1,12H2. The normalized spacial score (nSPS) is 10.9. The fraction of sp³-hybridized carbons (Fsp3) is 0.286. The van der Waals surface area contributed by atoms with Crippen molar-refractivity contribution in [1.29, 1.82) is 0 Å². The number of nitrogens with two attached hydrogens (primary N) is 1. The first kappa shape index (κ1) is 11.1. The van der Waals surface area contributed by atoms with E-state index in [-0.39, 0.29) is 17.3 Å².